The Morgan fingerprint density at radius 1 is 1.07 bits per heavy atom. The Morgan fingerprint density at radius 3 is 2.37 bits per heavy atom. The maximum atomic E-state index is 12.8. The van der Waals surface area contributed by atoms with E-state index in [2.05, 4.69) is 57.2 Å². The lowest BCUT2D eigenvalue weighted by Gasteiger charge is -2.33. The Bertz CT molecular complexity index is 864. The lowest BCUT2D eigenvalue weighted by atomic mass is 9.74. The lowest BCUT2D eigenvalue weighted by molar-refractivity contribution is -0.159. The average molecular weight is 365 g/mol. The number of esters is 1. The predicted molar refractivity (Wildman–Crippen MR) is 110 cm³/mol. The highest BCUT2D eigenvalue weighted by Gasteiger charge is 2.49. The minimum absolute atomic E-state index is 0.0371. The van der Waals surface area contributed by atoms with E-state index in [0.717, 1.165) is 23.3 Å². The number of aryl methyl sites for hydroxylation is 1. The summed E-state index contributed by atoms with van der Waals surface area (Å²) in [5.41, 5.74) is 1.67. The lowest BCUT2D eigenvalue weighted by Crippen LogP contribution is -2.30. The van der Waals surface area contributed by atoms with Gasteiger partial charge in [-0.3, -0.25) is 4.79 Å². The first-order chi connectivity index (χ1) is 12.8. The van der Waals surface area contributed by atoms with Crippen LogP contribution in [0.1, 0.15) is 58.1 Å². The molecule has 2 aromatic carbocycles. The highest BCUT2D eigenvalue weighted by molar-refractivity contribution is 5.84. The fourth-order valence-corrected chi connectivity index (χ4v) is 5.93. The van der Waals surface area contributed by atoms with Crippen molar-refractivity contribution in [2.24, 2.45) is 29.6 Å². The fourth-order valence-electron chi connectivity index (χ4n) is 5.93. The fraction of sp³-hybridized carbons (Fsp3) is 0.560. The molecule has 0 saturated heterocycles. The van der Waals surface area contributed by atoms with Crippen molar-refractivity contribution in [1.82, 2.24) is 0 Å². The van der Waals surface area contributed by atoms with Crippen molar-refractivity contribution < 1.29 is 9.53 Å². The first kappa shape index (κ1) is 18.5. The third-order valence-corrected chi connectivity index (χ3v) is 7.57. The summed E-state index contributed by atoms with van der Waals surface area (Å²) < 4.78 is 6.05. The van der Waals surface area contributed by atoms with Crippen LogP contribution in [0.2, 0.25) is 0 Å². The molecule has 4 rings (SSSR count). The molecule has 0 heterocycles. The van der Waals surface area contributed by atoms with Gasteiger partial charge >= 0.3 is 5.97 Å². The van der Waals surface area contributed by atoms with Crippen LogP contribution in [0, 0.1) is 36.5 Å². The molecule has 0 aliphatic heterocycles. The molecule has 5 atom stereocenters. The average Bonchev–Trinajstić information content (AvgIpc) is 3.13. The monoisotopic (exact) mass is 364 g/mol. The van der Waals surface area contributed by atoms with Crippen molar-refractivity contribution >= 4 is 16.7 Å². The molecule has 27 heavy (non-hydrogen) atoms. The molecule has 144 valence electrons. The maximum Gasteiger partial charge on any atom is 0.306 e. The van der Waals surface area contributed by atoms with Gasteiger partial charge in [0.1, 0.15) is 5.60 Å². The summed E-state index contributed by atoms with van der Waals surface area (Å²) in [5, 5.41) is 2.42. The number of rotatable bonds is 4. The van der Waals surface area contributed by atoms with E-state index < -0.39 is 5.60 Å². The molecular formula is C25H32O2. The summed E-state index contributed by atoms with van der Waals surface area (Å²) in [6.45, 7) is 10.9. The van der Waals surface area contributed by atoms with Crippen LogP contribution in [-0.4, -0.2) is 5.97 Å². The third kappa shape index (κ3) is 3.28. The number of benzene rings is 2. The molecule has 2 aliphatic rings. The van der Waals surface area contributed by atoms with Crippen LogP contribution in [-0.2, 0) is 15.1 Å². The molecule has 0 aromatic heterocycles. The quantitative estimate of drug-likeness (QED) is 0.600. The van der Waals surface area contributed by atoms with Gasteiger partial charge in [0.2, 0.25) is 0 Å². The highest BCUT2D eigenvalue weighted by Crippen LogP contribution is 2.56. The molecule has 2 aliphatic carbocycles. The zero-order chi connectivity index (χ0) is 19.3. The smallest absolute Gasteiger partial charge is 0.306 e. The number of hydrogen-bond acceptors (Lipinski definition) is 2. The molecule has 2 bridgehead atoms. The molecule has 0 spiro atoms. The van der Waals surface area contributed by atoms with Gasteiger partial charge in [-0.2, -0.15) is 0 Å². The van der Waals surface area contributed by atoms with Gasteiger partial charge in [-0.05, 0) is 91.2 Å². The van der Waals surface area contributed by atoms with Gasteiger partial charge in [0.05, 0.1) is 0 Å². The topological polar surface area (TPSA) is 26.3 Å². The van der Waals surface area contributed by atoms with E-state index in [-0.39, 0.29) is 5.97 Å². The molecule has 2 nitrogen and oxygen atoms in total. The summed E-state index contributed by atoms with van der Waals surface area (Å²) in [6, 6.07) is 12.7. The molecule has 0 amide bonds. The number of fused-ring (bicyclic) bond motifs is 3. The third-order valence-electron chi connectivity index (χ3n) is 7.57. The van der Waals surface area contributed by atoms with Crippen molar-refractivity contribution in [3.8, 4) is 0 Å². The number of carbonyl (C=O) groups is 1. The summed E-state index contributed by atoms with van der Waals surface area (Å²) in [6.07, 6.45) is 3.10. The molecule has 0 N–H and O–H groups in total. The van der Waals surface area contributed by atoms with Crippen molar-refractivity contribution in [1.29, 1.82) is 0 Å². The van der Waals surface area contributed by atoms with E-state index in [1.165, 1.54) is 29.2 Å². The van der Waals surface area contributed by atoms with E-state index in [9.17, 15) is 4.79 Å². The van der Waals surface area contributed by atoms with Crippen molar-refractivity contribution in [2.75, 3.05) is 0 Å². The van der Waals surface area contributed by atoms with Crippen molar-refractivity contribution in [3.05, 3.63) is 47.5 Å². The maximum absolute atomic E-state index is 12.8. The predicted octanol–water partition coefficient (Wildman–Crippen LogP) is 6.24. The first-order valence-corrected chi connectivity index (χ1v) is 10.5. The Hall–Kier alpha value is -1.83. The van der Waals surface area contributed by atoms with E-state index in [1.54, 1.807) is 0 Å². The van der Waals surface area contributed by atoms with E-state index in [4.69, 9.17) is 4.74 Å². The van der Waals surface area contributed by atoms with Crippen molar-refractivity contribution in [3.63, 3.8) is 0 Å². The second-order valence-corrected chi connectivity index (χ2v) is 9.58. The van der Waals surface area contributed by atoms with Crippen LogP contribution >= 0.6 is 0 Å². The summed E-state index contributed by atoms with van der Waals surface area (Å²) in [7, 11) is 0. The number of hydrogen-bond donors (Lipinski definition) is 0. The van der Waals surface area contributed by atoms with Crippen LogP contribution in [0.5, 0.6) is 0 Å². The highest BCUT2D eigenvalue weighted by atomic mass is 16.6. The van der Waals surface area contributed by atoms with E-state index >= 15 is 0 Å². The Labute approximate surface area is 163 Å². The van der Waals surface area contributed by atoms with Gasteiger partial charge in [0.25, 0.3) is 0 Å². The standard InChI is InChI=1S/C25H32O2/c1-15-10-18-8-6-7-9-19(18)13-23(15)25(4,5)27-24(26)14-21-11-20-12-22(21)17(3)16(20)2/h6-10,13,16-17,20-22H,11-12,14H2,1-5H3. The molecule has 2 fully saturated rings. The minimum atomic E-state index is -0.609. The van der Waals surface area contributed by atoms with Gasteiger partial charge in [-0.25, -0.2) is 0 Å². The molecule has 0 radical (unpaired) electrons. The molecule has 2 heteroatoms. The molecule has 2 saturated carbocycles. The summed E-state index contributed by atoms with van der Waals surface area (Å²) in [5.74, 6) is 3.57. The largest absolute Gasteiger partial charge is 0.455 e. The van der Waals surface area contributed by atoms with Gasteiger partial charge in [-0.1, -0.05) is 44.2 Å². The van der Waals surface area contributed by atoms with Crippen molar-refractivity contribution in [2.45, 2.75) is 59.5 Å². The zero-order valence-corrected chi connectivity index (χ0v) is 17.3. The Kier molecular flexibility index (Phi) is 4.56. The molecule has 5 unspecified atom stereocenters. The first-order valence-electron chi connectivity index (χ1n) is 10.5. The number of ether oxygens (including phenoxy) is 1. The van der Waals surface area contributed by atoms with Crippen LogP contribution in [0.25, 0.3) is 10.8 Å². The normalized spacial score (nSPS) is 30.0. The van der Waals surface area contributed by atoms with Gasteiger partial charge in [-0.15, -0.1) is 0 Å². The molecular weight excluding hydrogens is 332 g/mol. The number of carbonyl (C=O) groups excluding carboxylic acids is 1. The Morgan fingerprint density at radius 2 is 1.74 bits per heavy atom. The summed E-state index contributed by atoms with van der Waals surface area (Å²) in [4.78, 5) is 12.8. The zero-order valence-electron chi connectivity index (χ0n) is 17.3. The van der Waals surface area contributed by atoms with Crippen LogP contribution in [0.3, 0.4) is 0 Å². The van der Waals surface area contributed by atoms with Gasteiger partial charge in [0.15, 0.2) is 0 Å². The van der Waals surface area contributed by atoms with Gasteiger partial charge < -0.3 is 4.74 Å². The van der Waals surface area contributed by atoms with Crippen LogP contribution in [0.4, 0.5) is 0 Å². The van der Waals surface area contributed by atoms with E-state index in [1.807, 2.05) is 13.8 Å². The second-order valence-electron chi connectivity index (χ2n) is 9.58. The Balaban J connectivity index is 1.48. The second kappa shape index (κ2) is 6.65. The van der Waals surface area contributed by atoms with Crippen LogP contribution < -0.4 is 0 Å². The van der Waals surface area contributed by atoms with E-state index in [0.29, 0.717) is 18.3 Å². The molecule has 2 aromatic rings. The summed E-state index contributed by atoms with van der Waals surface area (Å²) >= 11 is 0. The SMILES string of the molecule is Cc1cc2ccccc2cc1C(C)(C)OC(=O)CC1CC2CC1C(C)C2C. The van der Waals surface area contributed by atoms with Gasteiger partial charge in [0, 0.05) is 6.42 Å². The van der Waals surface area contributed by atoms with Crippen LogP contribution in [0.15, 0.2) is 36.4 Å². The minimum Gasteiger partial charge on any atom is -0.455 e.